The number of benzene rings is 3. The van der Waals surface area contributed by atoms with E-state index in [9.17, 15) is 4.79 Å². The molecular formula is C20H16IO2S+. The summed E-state index contributed by atoms with van der Waals surface area (Å²) in [7, 11) is -0.179. The van der Waals surface area contributed by atoms with Gasteiger partial charge in [0.1, 0.15) is 5.75 Å². The molecule has 0 aliphatic heterocycles. The van der Waals surface area contributed by atoms with Crippen molar-refractivity contribution >= 4 is 39.5 Å². The third kappa shape index (κ3) is 4.19. The zero-order valence-electron chi connectivity index (χ0n) is 12.9. The Morgan fingerprint density at radius 2 is 1.21 bits per heavy atom. The molecule has 0 aliphatic rings. The highest BCUT2D eigenvalue weighted by Gasteiger charge is 2.28. The quantitative estimate of drug-likeness (QED) is 0.178. The molecule has 3 aromatic carbocycles. The molecule has 3 aromatic rings. The van der Waals surface area contributed by atoms with Crippen LogP contribution < -0.4 is 4.74 Å². The van der Waals surface area contributed by atoms with Gasteiger partial charge in [-0.05, 0) is 48.5 Å². The van der Waals surface area contributed by atoms with Gasteiger partial charge in [-0.3, -0.25) is 4.79 Å². The van der Waals surface area contributed by atoms with Crippen LogP contribution in [-0.2, 0) is 15.7 Å². The summed E-state index contributed by atoms with van der Waals surface area (Å²) in [5.41, 5.74) is 0. The number of hydrogen-bond acceptors (Lipinski definition) is 2. The molecule has 0 spiro atoms. The van der Waals surface area contributed by atoms with Gasteiger partial charge >= 0.3 is 5.97 Å². The van der Waals surface area contributed by atoms with Crippen LogP contribution in [0.4, 0.5) is 0 Å². The van der Waals surface area contributed by atoms with Crippen LogP contribution in [0.5, 0.6) is 5.75 Å². The van der Waals surface area contributed by atoms with Gasteiger partial charge in [0.15, 0.2) is 14.7 Å². The van der Waals surface area contributed by atoms with Crippen LogP contribution in [-0.4, -0.2) is 10.4 Å². The third-order valence-corrected chi connectivity index (χ3v) is 6.21. The van der Waals surface area contributed by atoms with Crippen molar-refractivity contribution in [3.63, 3.8) is 0 Å². The number of rotatable bonds is 5. The maximum atomic E-state index is 11.4. The molecule has 2 nitrogen and oxygen atoms in total. The lowest BCUT2D eigenvalue weighted by Crippen LogP contribution is -2.09. The van der Waals surface area contributed by atoms with Gasteiger partial charge in [0.05, 0.1) is 15.3 Å². The molecule has 0 saturated heterocycles. The minimum absolute atomic E-state index is 0.179. The molecule has 3 rings (SSSR count). The van der Waals surface area contributed by atoms with Crippen molar-refractivity contribution in [1.29, 1.82) is 0 Å². The molecule has 0 bridgehead atoms. The summed E-state index contributed by atoms with van der Waals surface area (Å²) in [6, 6.07) is 28.7. The standard InChI is InChI=1S/C20H16IO2S/c21-15-20(22)23-16-11-13-19(14-12-16)24(17-7-3-1-4-8-17)18-9-5-2-6-10-18/h1-14H,15H2/q+1. The fraction of sp³-hybridized carbons (Fsp3) is 0.0500. The van der Waals surface area contributed by atoms with Crippen molar-refractivity contribution < 1.29 is 9.53 Å². The van der Waals surface area contributed by atoms with Gasteiger partial charge in [-0.1, -0.05) is 59.0 Å². The highest BCUT2D eigenvalue weighted by atomic mass is 127. The summed E-state index contributed by atoms with van der Waals surface area (Å²) >= 11 is 2.00. The molecule has 0 aliphatic carbocycles. The lowest BCUT2D eigenvalue weighted by atomic mass is 10.3. The van der Waals surface area contributed by atoms with Gasteiger partial charge < -0.3 is 4.74 Å². The van der Waals surface area contributed by atoms with Gasteiger partial charge in [0.2, 0.25) is 0 Å². The van der Waals surface area contributed by atoms with Gasteiger partial charge in [-0.2, -0.15) is 0 Å². The Hall–Kier alpha value is -1.79. The topological polar surface area (TPSA) is 26.3 Å². The second-order valence-corrected chi connectivity index (χ2v) is 7.80. The molecule has 0 saturated carbocycles. The minimum Gasteiger partial charge on any atom is -0.426 e. The SMILES string of the molecule is O=C(CI)Oc1ccc([S+](c2ccccc2)c2ccccc2)cc1. The summed E-state index contributed by atoms with van der Waals surface area (Å²) in [6.07, 6.45) is 0. The first-order valence-corrected chi connectivity index (χ1v) is 10.2. The van der Waals surface area contributed by atoms with E-state index in [1.54, 1.807) is 0 Å². The number of carbonyl (C=O) groups is 1. The molecule has 0 heterocycles. The van der Waals surface area contributed by atoms with Crippen LogP contribution in [0.3, 0.4) is 0 Å². The Morgan fingerprint density at radius 1 is 0.750 bits per heavy atom. The van der Waals surface area contributed by atoms with Crippen LogP contribution >= 0.6 is 22.6 Å². The molecule has 0 radical (unpaired) electrons. The molecule has 0 aromatic heterocycles. The Labute approximate surface area is 158 Å². The summed E-state index contributed by atoms with van der Waals surface area (Å²) in [5, 5.41) is 0. The van der Waals surface area contributed by atoms with Crippen LogP contribution in [0.25, 0.3) is 0 Å². The Kier molecular flexibility index (Phi) is 5.93. The smallest absolute Gasteiger partial charge is 0.321 e. The molecule has 0 N–H and O–H groups in total. The first-order valence-electron chi connectivity index (χ1n) is 7.49. The fourth-order valence-corrected chi connectivity index (χ4v) is 4.56. The van der Waals surface area contributed by atoms with E-state index in [-0.39, 0.29) is 16.9 Å². The van der Waals surface area contributed by atoms with Crippen molar-refractivity contribution in [3.05, 3.63) is 84.9 Å². The van der Waals surface area contributed by atoms with E-state index < -0.39 is 0 Å². The molecule has 0 atom stereocenters. The molecule has 0 amide bonds. The number of esters is 1. The number of halogens is 1. The van der Waals surface area contributed by atoms with E-state index in [2.05, 4.69) is 48.5 Å². The molecular weight excluding hydrogens is 431 g/mol. The zero-order valence-corrected chi connectivity index (χ0v) is 15.9. The first-order chi connectivity index (χ1) is 11.8. The van der Waals surface area contributed by atoms with E-state index in [1.807, 2.05) is 59.0 Å². The normalized spacial score (nSPS) is 10.6. The van der Waals surface area contributed by atoms with E-state index in [0.29, 0.717) is 10.2 Å². The van der Waals surface area contributed by atoms with Gasteiger partial charge in [0.25, 0.3) is 0 Å². The molecule has 24 heavy (non-hydrogen) atoms. The van der Waals surface area contributed by atoms with Gasteiger partial charge in [-0.15, -0.1) is 0 Å². The van der Waals surface area contributed by atoms with Crippen LogP contribution in [0.2, 0.25) is 0 Å². The monoisotopic (exact) mass is 447 g/mol. The Bertz CT molecular complexity index is 749. The maximum absolute atomic E-state index is 11.4. The second-order valence-electron chi connectivity index (χ2n) is 5.01. The molecule has 0 unspecified atom stereocenters. The number of ether oxygens (including phenoxy) is 1. The Balaban J connectivity index is 1.96. The van der Waals surface area contributed by atoms with E-state index in [1.165, 1.54) is 14.7 Å². The van der Waals surface area contributed by atoms with Gasteiger partial charge in [-0.25, -0.2) is 0 Å². The van der Waals surface area contributed by atoms with Crippen LogP contribution in [0.15, 0.2) is 99.6 Å². The second kappa shape index (κ2) is 8.35. The lowest BCUT2D eigenvalue weighted by Gasteiger charge is -2.08. The van der Waals surface area contributed by atoms with Crippen LogP contribution in [0, 0.1) is 0 Å². The minimum atomic E-state index is -0.228. The predicted octanol–water partition coefficient (Wildman–Crippen LogP) is 5.12. The number of hydrogen-bond donors (Lipinski definition) is 0. The van der Waals surface area contributed by atoms with Crippen molar-refractivity contribution in [2.24, 2.45) is 0 Å². The highest BCUT2D eigenvalue weighted by Crippen LogP contribution is 2.31. The summed E-state index contributed by atoms with van der Waals surface area (Å²) in [5.74, 6) is 0.360. The van der Waals surface area contributed by atoms with Crippen molar-refractivity contribution in [2.45, 2.75) is 14.7 Å². The average Bonchev–Trinajstić information content (AvgIpc) is 2.65. The van der Waals surface area contributed by atoms with E-state index in [0.717, 1.165) is 0 Å². The first kappa shape index (κ1) is 17.0. The highest BCUT2D eigenvalue weighted by molar-refractivity contribution is 14.1. The Morgan fingerprint density at radius 3 is 1.67 bits per heavy atom. The molecule has 120 valence electrons. The molecule has 4 heteroatoms. The fourth-order valence-electron chi connectivity index (χ4n) is 2.32. The maximum Gasteiger partial charge on any atom is 0.321 e. The third-order valence-electron chi connectivity index (χ3n) is 3.36. The lowest BCUT2D eigenvalue weighted by molar-refractivity contribution is -0.131. The number of carbonyl (C=O) groups excluding carboxylic acids is 1. The summed E-state index contributed by atoms with van der Waals surface area (Å²) in [4.78, 5) is 15.1. The zero-order chi connectivity index (χ0) is 16.8. The van der Waals surface area contributed by atoms with Gasteiger partial charge in [0, 0.05) is 0 Å². The number of alkyl halides is 1. The van der Waals surface area contributed by atoms with Crippen molar-refractivity contribution in [2.75, 3.05) is 4.43 Å². The summed E-state index contributed by atoms with van der Waals surface area (Å²) in [6.45, 7) is 0. The van der Waals surface area contributed by atoms with Crippen molar-refractivity contribution in [3.8, 4) is 5.75 Å². The molecule has 0 fully saturated rings. The van der Waals surface area contributed by atoms with E-state index >= 15 is 0 Å². The summed E-state index contributed by atoms with van der Waals surface area (Å²) < 4.78 is 5.61. The average molecular weight is 447 g/mol. The van der Waals surface area contributed by atoms with Crippen molar-refractivity contribution in [1.82, 2.24) is 0 Å². The van der Waals surface area contributed by atoms with Crippen LogP contribution in [0.1, 0.15) is 0 Å². The predicted molar refractivity (Wildman–Crippen MR) is 106 cm³/mol. The van der Waals surface area contributed by atoms with E-state index in [4.69, 9.17) is 4.74 Å². The largest absolute Gasteiger partial charge is 0.426 e.